The molecule has 0 atom stereocenters. The normalized spacial score (nSPS) is 11.7. The Bertz CT molecular complexity index is 950. The van der Waals surface area contributed by atoms with Gasteiger partial charge < -0.3 is 10.6 Å². The van der Waals surface area contributed by atoms with Crippen molar-refractivity contribution >= 4 is 17.3 Å². The number of para-hydroxylation sites is 1. The molecule has 0 unspecified atom stereocenters. The number of hydrogen-bond acceptors (Lipinski definition) is 4. The second-order valence-electron chi connectivity index (χ2n) is 6.77. The summed E-state index contributed by atoms with van der Waals surface area (Å²) < 4.78 is 1.99. The standard InChI is InChI=1S/C21H28N6S/c1-6-22-21(24-13-20-25-16(4)17(5)28-20)23-12-18-9-7-8-10-19(18)27-15(3)11-14(2)26-27/h7-11H,6,12-13H2,1-5H3,(H2,22,23,24). The van der Waals surface area contributed by atoms with Crippen LogP contribution in [0.5, 0.6) is 0 Å². The highest BCUT2D eigenvalue weighted by Gasteiger charge is 2.09. The molecule has 148 valence electrons. The lowest BCUT2D eigenvalue weighted by atomic mass is 10.2. The van der Waals surface area contributed by atoms with Crippen molar-refractivity contribution in [2.45, 2.75) is 47.7 Å². The number of aliphatic imine (C=N–C) groups is 1. The van der Waals surface area contributed by atoms with Gasteiger partial charge >= 0.3 is 0 Å². The Hall–Kier alpha value is -2.67. The Kier molecular flexibility index (Phi) is 6.46. The number of benzene rings is 1. The van der Waals surface area contributed by atoms with Gasteiger partial charge in [0, 0.05) is 17.1 Å². The summed E-state index contributed by atoms with van der Waals surface area (Å²) in [7, 11) is 0. The minimum Gasteiger partial charge on any atom is -0.357 e. The van der Waals surface area contributed by atoms with Crippen LogP contribution in [-0.4, -0.2) is 27.3 Å². The van der Waals surface area contributed by atoms with Gasteiger partial charge in [-0.2, -0.15) is 5.10 Å². The Balaban J connectivity index is 1.77. The van der Waals surface area contributed by atoms with Crippen molar-refractivity contribution in [3.8, 4) is 5.69 Å². The fourth-order valence-corrected chi connectivity index (χ4v) is 3.88. The molecule has 0 radical (unpaired) electrons. The summed E-state index contributed by atoms with van der Waals surface area (Å²) in [5.41, 5.74) is 5.43. The third kappa shape index (κ3) is 4.78. The van der Waals surface area contributed by atoms with Crippen LogP contribution in [0.25, 0.3) is 5.69 Å². The first-order chi connectivity index (χ1) is 13.5. The first-order valence-electron chi connectivity index (χ1n) is 9.54. The molecule has 0 saturated heterocycles. The number of thiazole rings is 1. The molecule has 28 heavy (non-hydrogen) atoms. The molecule has 3 rings (SSSR count). The molecule has 0 aliphatic heterocycles. The summed E-state index contributed by atoms with van der Waals surface area (Å²) in [4.78, 5) is 10.6. The SMILES string of the molecule is CCNC(=NCc1ccccc1-n1nc(C)cc1C)NCc1nc(C)c(C)s1. The van der Waals surface area contributed by atoms with Crippen LogP contribution in [0.3, 0.4) is 0 Å². The molecule has 2 N–H and O–H groups in total. The molecule has 2 aromatic heterocycles. The van der Waals surface area contributed by atoms with Gasteiger partial charge in [0.2, 0.25) is 0 Å². The zero-order chi connectivity index (χ0) is 20.1. The molecule has 3 aromatic rings. The van der Waals surface area contributed by atoms with Crippen molar-refractivity contribution in [1.29, 1.82) is 0 Å². The highest BCUT2D eigenvalue weighted by molar-refractivity contribution is 7.11. The van der Waals surface area contributed by atoms with Gasteiger partial charge in [-0.3, -0.25) is 0 Å². The van der Waals surface area contributed by atoms with Gasteiger partial charge in [-0.15, -0.1) is 11.3 Å². The highest BCUT2D eigenvalue weighted by atomic mass is 32.1. The second kappa shape index (κ2) is 9.01. The monoisotopic (exact) mass is 396 g/mol. The van der Waals surface area contributed by atoms with Crippen LogP contribution in [-0.2, 0) is 13.1 Å². The topological polar surface area (TPSA) is 67.1 Å². The van der Waals surface area contributed by atoms with Crippen LogP contribution < -0.4 is 10.6 Å². The molecule has 0 saturated carbocycles. The van der Waals surface area contributed by atoms with Gasteiger partial charge in [0.05, 0.1) is 30.2 Å². The van der Waals surface area contributed by atoms with Gasteiger partial charge in [-0.05, 0) is 52.3 Å². The average molecular weight is 397 g/mol. The first-order valence-corrected chi connectivity index (χ1v) is 10.4. The van der Waals surface area contributed by atoms with E-state index in [1.165, 1.54) is 4.88 Å². The van der Waals surface area contributed by atoms with Crippen molar-refractivity contribution in [3.05, 3.63) is 62.9 Å². The van der Waals surface area contributed by atoms with Gasteiger partial charge in [-0.1, -0.05) is 18.2 Å². The molecule has 0 amide bonds. The lowest BCUT2D eigenvalue weighted by Gasteiger charge is -2.12. The van der Waals surface area contributed by atoms with Crippen LogP contribution in [0.2, 0.25) is 0 Å². The molecular formula is C21H28N6S. The Labute approximate surface area is 170 Å². The van der Waals surface area contributed by atoms with E-state index < -0.39 is 0 Å². The van der Waals surface area contributed by atoms with E-state index in [1.54, 1.807) is 11.3 Å². The van der Waals surface area contributed by atoms with Gasteiger partial charge in [0.1, 0.15) is 5.01 Å². The Morgan fingerprint density at radius 2 is 1.93 bits per heavy atom. The predicted octanol–water partition coefficient (Wildman–Crippen LogP) is 3.82. The number of nitrogens with zero attached hydrogens (tertiary/aromatic N) is 4. The van der Waals surface area contributed by atoms with Crippen molar-refractivity contribution < 1.29 is 0 Å². The third-order valence-electron chi connectivity index (χ3n) is 4.46. The second-order valence-corrected chi connectivity index (χ2v) is 8.05. The van der Waals surface area contributed by atoms with Crippen molar-refractivity contribution in [2.75, 3.05) is 6.54 Å². The molecule has 6 nitrogen and oxygen atoms in total. The number of rotatable bonds is 6. The predicted molar refractivity (Wildman–Crippen MR) is 116 cm³/mol. The van der Waals surface area contributed by atoms with E-state index in [2.05, 4.69) is 59.7 Å². The molecule has 0 fully saturated rings. The van der Waals surface area contributed by atoms with E-state index in [1.807, 2.05) is 30.7 Å². The third-order valence-corrected chi connectivity index (χ3v) is 5.53. The van der Waals surface area contributed by atoms with E-state index in [0.717, 1.165) is 45.8 Å². The maximum Gasteiger partial charge on any atom is 0.191 e. The smallest absolute Gasteiger partial charge is 0.191 e. The van der Waals surface area contributed by atoms with Crippen molar-refractivity contribution in [1.82, 2.24) is 25.4 Å². The molecule has 1 aromatic carbocycles. The molecular weight excluding hydrogens is 368 g/mol. The minimum absolute atomic E-state index is 0.569. The van der Waals surface area contributed by atoms with E-state index in [9.17, 15) is 0 Å². The van der Waals surface area contributed by atoms with Gasteiger partial charge in [0.25, 0.3) is 0 Å². The minimum atomic E-state index is 0.569. The highest BCUT2D eigenvalue weighted by Crippen LogP contribution is 2.18. The fourth-order valence-electron chi connectivity index (χ4n) is 3.00. The zero-order valence-electron chi connectivity index (χ0n) is 17.2. The summed E-state index contributed by atoms with van der Waals surface area (Å²) in [6.07, 6.45) is 0. The largest absolute Gasteiger partial charge is 0.357 e. The van der Waals surface area contributed by atoms with E-state index in [-0.39, 0.29) is 0 Å². The number of aromatic nitrogens is 3. The molecule has 0 spiro atoms. The molecule has 7 heteroatoms. The van der Waals surface area contributed by atoms with Crippen molar-refractivity contribution in [3.63, 3.8) is 0 Å². The summed E-state index contributed by atoms with van der Waals surface area (Å²) >= 11 is 1.72. The maximum atomic E-state index is 4.78. The van der Waals surface area contributed by atoms with Crippen LogP contribution in [0.1, 0.15) is 39.5 Å². The van der Waals surface area contributed by atoms with E-state index in [0.29, 0.717) is 13.1 Å². The summed E-state index contributed by atoms with van der Waals surface area (Å²) in [5, 5.41) is 12.4. The van der Waals surface area contributed by atoms with Crippen molar-refractivity contribution in [2.24, 2.45) is 4.99 Å². The summed E-state index contributed by atoms with van der Waals surface area (Å²) in [6.45, 7) is 12.4. The number of nitrogens with one attached hydrogen (secondary N) is 2. The number of guanidine groups is 1. The van der Waals surface area contributed by atoms with Crippen LogP contribution in [0.4, 0.5) is 0 Å². The molecule has 2 heterocycles. The van der Waals surface area contributed by atoms with Gasteiger partial charge in [-0.25, -0.2) is 14.7 Å². The van der Waals surface area contributed by atoms with Crippen LogP contribution in [0, 0.1) is 27.7 Å². The molecule has 0 bridgehead atoms. The average Bonchev–Trinajstić information content (AvgIpc) is 3.18. The summed E-state index contributed by atoms with van der Waals surface area (Å²) in [5.74, 6) is 0.788. The van der Waals surface area contributed by atoms with Crippen LogP contribution >= 0.6 is 11.3 Å². The Morgan fingerprint density at radius 1 is 1.14 bits per heavy atom. The first kappa shape index (κ1) is 20.1. The quantitative estimate of drug-likeness (QED) is 0.491. The van der Waals surface area contributed by atoms with Crippen LogP contribution in [0.15, 0.2) is 35.3 Å². The maximum absolute atomic E-state index is 4.78. The number of hydrogen-bond donors (Lipinski definition) is 2. The zero-order valence-corrected chi connectivity index (χ0v) is 18.0. The lowest BCUT2D eigenvalue weighted by molar-refractivity contribution is 0.797. The lowest BCUT2D eigenvalue weighted by Crippen LogP contribution is -2.36. The summed E-state index contributed by atoms with van der Waals surface area (Å²) in [6, 6.07) is 10.4. The molecule has 0 aliphatic rings. The molecule has 0 aliphatic carbocycles. The van der Waals surface area contributed by atoms with Gasteiger partial charge in [0.15, 0.2) is 5.96 Å². The van der Waals surface area contributed by atoms with E-state index >= 15 is 0 Å². The van der Waals surface area contributed by atoms with E-state index in [4.69, 9.17) is 4.99 Å². The fraction of sp³-hybridized carbons (Fsp3) is 0.381. The Morgan fingerprint density at radius 3 is 2.57 bits per heavy atom. The number of aryl methyl sites for hydroxylation is 4.